The van der Waals surface area contributed by atoms with Gasteiger partial charge in [0.05, 0.1) is 11.3 Å². The molecule has 2 rings (SSSR count). The summed E-state index contributed by atoms with van der Waals surface area (Å²) in [6.07, 6.45) is 3.27. The van der Waals surface area contributed by atoms with Crippen LogP contribution in [0, 0.1) is 13.8 Å². The fourth-order valence-electron chi connectivity index (χ4n) is 2.83. The van der Waals surface area contributed by atoms with E-state index in [0.717, 1.165) is 36.2 Å². The number of rotatable bonds is 2. The van der Waals surface area contributed by atoms with Crippen molar-refractivity contribution < 1.29 is 4.79 Å². The SMILES string of the molecule is CCC1CCC(C)N1C(=O)c1c(C)n[nH]c1C. The van der Waals surface area contributed by atoms with Gasteiger partial charge in [-0.25, -0.2) is 0 Å². The minimum atomic E-state index is 0.144. The van der Waals surface area contributed by atoms with Gasteiger partial charge in [0.2, 0.25) is 0 Å². The number of hydrogen-bond acceptors (Lipinski definition) is 2. The van der Waals surface area contributed by atoms with Gasteiger partial charge in [0.25, 0.3) is 5.91 Å². The summed E-state index contributed by atoms with van der Waals surface area (Å²) in [5, 5.41) is 7.00. The van der Waals surface area contributed by atoms with Crippen LogP contribution in [0.4, 0.5) is 0 Å². The molecule has 4 heteroatoms. The first-order valence-electron chi connectivity index (χ1n) is 6.40. The van der Waals surface area contributed by atoms with Crippen LogP contribution in [0.25, 0.3) is 0 Å². The highest BCUT2D eigenvalue weighted by molar-refractivity contribution is 5.96. The molecular formula is C13H21N3O. The van der Waals surface area contributed by atoms with Crippen molar-refractivity contribution in [2.24, 2.45) is 0 Å². The van der Waals surface area contributed by atoms with E-state index in [-0.39, 0.29) is 5.91 Å². The minimum Gasteiger partial charge on any atom is -0.333 e. The van der Waals surface area contributed by atoms with Gasteiger partial charge in [0, 0.05) is 17.8 Å². The summed E-state index contributed by atoms with van der Waals surface area (Å²) in [5.74, 6) is 0.144. The van der Waals surface area contributed by atoms with E-state index < -0.39 is 0 Å². The summed E-state index contributed by atoms with van der Waals surface area (Å²) in [4.78, 5) is 14.6. The highest BCUT2D eigenvalue weighted by Crippen LogP contribution is 2.28. The van der Waals surface area contributed by atoms with Crippen molar-refractivity contribution in [3.05, 3.63) is 17.0 Å². The first-order chi connectivity index (χ1) is 8.06. The minimum absolute atomic E-state index is 0.144. The molecule has 1 aliphatic heterocycles. The quantitative estimate of drug-likeness (QED) is 0.856. The molecule has 1 aromatic heterocycles. The molecule has 0 radical (unpaired) electrons. The monoisotopic (exact) mass is 235 g/mol. The van der Waals surface area contributed by atoms with E-state index in [2.05, 4.69) is 24.0 Å². The Morgan fingerprint density at radius 3 is 2.71 bits per heavy atom. The van der Waals surface area contributed by atoms with Gasteiger partial charge < -0.3 is 4.90 Å². The molecular weight excluding hydrogens is 214 g/mol. The Balaban J connectivity index is 2.31. The van der Waals surface area contributed by atoms with Crippen LogP contribution in [0.5, 0.6) is 0 Å². The normalized spacial score (nSPS) is 24.4. The number of hydrogen-bond donors (Lipinski definition) is 1. The van der Waals surface area contributed by atoms with Crippen LogP contribution < -0.4 is 0 Å². The predicted molar refractivity (Wildman–Crippen MR) is 67.0 cm³/mol. The molecule has 0 saturated carbocycles. The first kappa shape index (κ1) is 12.1. The lowest BCUT2D eigenvalue weighted by atomic mass is 10.1. The van der Waals surface area contributed by atoms with Crippen LogP contribution in [0.15, 0.2) is 0 Å². The van der Waals surface area contributed by atoms with E-state index in [9.17, 15) is 4.79 Å². The molecule has 0 spiro atoms. The molecule has 2 heterocycles. The third-order valence-corrected chi connectivity index (χ3v) is 3.83. The average Bonchev–Trinajstić information content (AvgIpc) is 2.82. The van der Waals surface area contributed by atoms with Gasteiger partial charge in [0.15, 0.2) is 0 Å². The molecule has 1 amide bonds. The Bertz CT molecular complexity index is 405. The molecule has 0 aromatic carbocycles. The fraction of sp³-hybridized carbons (Fsp3) is 0.692. The number of amides is 1. The van der Waals surface area contributed by atoms with Crippen molar-refractivity contribution in [2.75, 3.05) is 0 Å². The number of likely N-dealkylation sites (tertiary alicyclic amines) is 1. The number of carbonyl (C=O) groups excluding carboxylic acids is 1. The molecule has 0 bridgehead atoms. The Labute approximate surface area is 102 Å². The van der Waals surface area contributed by atoms with Gasteiger partial charge in [-0.05, 0) is 40.0 Å². The van der Waals surface area contributed by atoms with Crippen LogP contribution in [0.2, 0.25) is 0 Å². The molecule has 17 heavy (non-hydrogen) atoms. The summed E-state index contributed by atoms with van der Waals surface area (Å²) < 4.78 is 0. The molecule has 1 fully saturated rings. The Kier molecular flexibility index (Phi) is 3.22. The lowest BCUT2D eigenvalue weighted by Gasteiger charge is -2.28. The van der Waals surface area contributed by atoms with Crippen molar-refractivity contribution in [1.29, 1.82) is 0 Å². The van der Waals surface area contributed by atoms with E-state index in [1.165, 1.54) is 0 Å². The Hall–Kier alpha value is -1.32. The van der Waals surface area contributed by atoms with Gasteiger partial charge in [-0.3, -0.25) is 9.89 Å². The molecule has 1 saturated heterocycles. The number of aromatic amines is 1. The van der Waals surface area contributed by atoms with Crippen LogP contribution in [0.3, 0.4) is 0 Å². The van der Waals surface area contributed by atoms with Crippen molar-refractivity contribution in [3.8, 4) is 0 Å². The second-order valence-corrected chi connectivity index (χ2v) is 5.01. The number of carbonyl (C=O) groups is 1. The topological polar surface area (TPSA) is 49.0 Å². The fourth-order valence-corrected chi connectivity index (χ4v) is 2.83. The van der Waals surface area contributed by atoms with Crippen LogP contribution >= 0.6 is 0 Å². The molecule has 1 aromatic rings. The molecule has 1 aliphatic rings. The van der Waals surface area contributed by atoms with Crippen molar-refractivity contribution in [1.82, 2.24) is 15.1 Å². The van der Waals surface area contributed by atoms with Gasteiger partial charge in [-0.1, -0.05) is 6.92 Å². The van der Waals surface area contributed by atoms with E-state index in [4.69, 9.17) is 0 Å². The summed E-state index contributed by atoms with van der Waals surface area (Å²) in [6, 6.07) is 0.743. The number of aryl methyl sites for hydroxylation is 2. The number of aromatic nitrogens is 2. The summed E-state index contributed by atoms with van der Waals surface area (Å²) in [7, 11) is 0. The predicted octanol–water partition coefficient (Wildman–Crippen LogP) is 2.43. The number of nitrogens with zero attached hydrogens (tertiary/aromatic N) is 2. The summed E-state index contributed by atoms with van der Waals surface area (Å²) in [5.41, 5.74) is 2.44. The first-order valence-corrected chi connectivity index (χ1v) is 6.40. The highest BCUT2D eigenvalue weighted by Gasteiger charge is 2.35. The Morgan fingerprint density at radius 2 is 2.18 bits per heavy atom. The van der Waals surface area contributed by atoms with Crippen molar-refractivity contribution in [3.63, 3.8) is 0 Å². The molecule has 2 unspecified atom stereocenters. The summed E-state index contributed by atoms with van der Waals surface area (Å²) in [6.45, 7) is 8.09. The van der Waals surface area contributed by atoms with E-state index in [1.807, 2.05) is 18.7 Å². The lowest BCUT2D eigenvalue weighted by Crippen LogP contribution is -2.40. The Morgan fingerprint density at radius 1 is 1.47 bits per heavy atom. The molecule has 4 nitrogen and oxygen atoms in total. The second kappa shape index (κ2) is 4.51. The molecule has 94 valence electrons. The maximum absolute atomic E-state index is 12.6. The van der Waals surface area contributed by atoms with Crippen LogP contribution in [-0.2, 0) is 0 Å². The van der Waals surface area contributed by atoms with Crippen LogP contribution in [0.1, 0.15) is 54.9 Å². The molecule has 0 aliphatic carbocycles. The van der Waals surface area contributed by atoms with E-state index >= 15 is 0 Å². The maximum Gasteiger partial charge on any atom is 0.258 e. The number of H-pyrrole nitrogens is 1. The molecule has 2 atom stereocenters. The van der Waals surface area contributed by atoms with Gasteiger partial charge in [-0.15, -0.1) is 0 Å². The average molecular weight is 235 g/mol. The summed E-state index contributed by atoms with van der Waals surface area (Å²) >= 11 is 0. The maximum atomic E-state index is 12.6. The molecule has 1 N–H and O–H groups in total. The zero-order chi connectivity index (χ0) is 12.6. The highest BCUT2D eigenvalue weighted by atomic mass is 16.2. The third-order valence-electron chi connectivity index (χ3n) is 3.83. The largest absolute Gasteiger partial charge is 0.333 e. The second-order valence-electron chi connectivity index (χ2n) is 5.01. The van der Waals surface area contributed by atoms with Gasteiger partial charge >= 0.3 is 0 Å². The zero-order valence-corrected chi connectivity index (χ0v) is 11.1. The standard InChI is InChI=1S/C13H21N3O/c1-5-11-7-6-8(2)16(11)13(17)12-9(3)14-15-10(12)4/h8,11H,5-7H2,1-4H3,(H,14,15). The zero-order valence-electron chi connectivity index (χ0n) is 11.1. The van der Waals surface area contributed by atoms with Crippen LogP contribution in [-0.4, -0.2) is 33.1 Å². The van der Waals surface area contributed by atoms with Gasteiger partial charge in [-0.2, -0.15) is 5.10 Å². The van der Waals surface area contributed by atoms with Crippen molar-refractivity contribution in [2.45, 2.75) is 59.0 Å². The van der Waals surface area contributed by atoms with E-state index in [0.29, 0.717) is 12.1 Å². The van der Waals surface area contributed by atoms with E-state index in [1.54, 1.807) is 0 Å². The number of nitrogens with one attached hydrogen (secondary N) is 1. The van der Waals surface area contributed by atoms with Gasteiger partial charge in [0.1, 0.15) is 0 Å². The lowest BCUT2D eigenvalue weighted by molar-refractivity contribution is 0.0675. The smallest absolute Gasteiger partial charge is 0.258 e. The third kappa shape index (κ3) is 1.96. The van der Waals surface area contributed by atoms with Crippen molar-refractivity contribution >= 4 is 5.91 Å².